The number of ether oxygens (including phenoxy) is 1. The summed E-state index contributed by atoms with van der Waals surface area (Å²) in [7, 11) is 0. The number of aromatic hydroxyl groups is 1. The fraction of sp³-hybridized carbons (Fsp3) is 0.357. The minimum absolute atomic E-state index is 0.103. The van der Waals surface area contributed by atoms with E-state index in [1.165, 1.54) is 0 Å². The van der Waals surface area contributed by atoms with E-state index in [1.54, 1.807) is 24.3 Å². The van der Waals surface area contributed by atoms with E-state index in [1.807, 2.05) is 13.8 Å². The monoisotopic (exact) mass is 245 g/mol. The fourth-order valence-electron chi connectivity index (χ4n) is 2.59. The summed E-state index contributed by atoms with van der Waals surface area (Å²) in [6.45, 7) is 4.05. The van der Waals surface area contributed by atoms with Gasteiger partial charge in [0.1, 0.15) is 17.6 Å². The van der Waals surface area contributed by atoms with Gasteiger partial charge in [0.2, 0.25) is 0 Å². The molecule has 1 aromatic carbocycles. The number of hydrogen-bond acceptors (Lipinski definition) is 4. The van der Waals surface area contributed by atoms with Crippen molar-refractivity contribution in [1.82, 2.24) is 0 Å². The van der Waals surface area contributed by atoms with Crippen molar-refractivity contribution in [3.05, 3.63) is 30.0 Å². The Labute approximate surface area is 105 Å². The van der Waals surface area contributed by atoms with Crippen LogP contribution in [0, 0.1) is 5.41 Å². The molecule has 1 aliphatic carbocycles. The highest BCUT2D eigenvalue weighted by Crippen LogP contribution is 2.43. The molecule has 0 radical (unpaired) electrons. The Kier molecular flexibility index (Phi) is 2.17. The number of phenolic OH excluding ortho intramolecular Hbond substituents is 1. The van der Waals surface area contributed by atoms with E-state index in [0.29, 0.717) is 17.9 Å². The molecule has 1 atom stereocenters. The number of allylic oxidation sites excluding steroid dienone is 1. The zero-order valence-corrected chi connectivity index (χ0v) is 10.4. The lowest BCUT2D eigenvalue weighted by Crippen LogP contribution is -2.45. The van der Waals surface area contributed by atoms with Gasteiger partial charge in [-0.05, 0) is 12.1 Å². The molecule has 0 aromatic heterocycles. The molecule has 4 heteroatoms. The van der Waals surface area contributed by atoms with Gasteiger partial charge in [0.05, 0.1) is 11.4 Å². The lowest BCUT2D eigenvalue weighted by Gasteiger charge is -2.41. The molecule has 0 bridgehead atoms. The van der Waals surface area contributed by atoms with E-state index >= 15 is 0 Å². The summed E-state index contributed by atoms with van der Waals surface area (Å²) in [6.07, 6.45) is 1.94. The zero-order valence-electron chi connectivity index (χ0n) is 10.4. The summed E-state index contributed by atoms with van der Waals surface area (Å²) < 4.78 is 5.96. The molecule has 1 aromatic rings. The number of rotatable bonds is 0. The number of anilines is 1. The Bertz CT molecular complexity index is 560. The highest BCUT2D eigenvalue weighted by atomic mass is 16.5. The van der Waals surface area contributed by atoms with Gasteiger partial charge in [-0.2, -0.15) is 0 Å². The molecule has 4 nitrogen and oxygen atoms in total. The maximum atomic E-state index is 11.7. The lowest BCUT2D eigenvalue weighted by molar-refractivity contribution is -0.118. The van der Waals surface area contributed by atoms with Crippen molar-refractivity contribution in [2.45, 2.75) is 26.4 Å². The summed E-state index contributed by atoms with van der Waals surface area (Å²) in [5.41, 5.74) is 1.24. The Hall–Kier alpha value is -1.97. The number of hydrogen-bond donors (Lipinski definition) is 2. The first-order valence-corrected chi connectivity index (χ1v) is 5.97. The van der Waals surface area contributed by atoms with Crippen LogP contribution in [0.25, 0.3) is 0 Å². The number of benzene rings is 1. The third-order valence-corrected chi connectivity index (χ3v) is 3.43. The molecule has 1 aliphatic heterocycles. The fourth-order valence-corrected chi connectivity index (χ4v) is 2.59. The topological polar surface area (TPSA) is 58.6 Å². The largest absolute Gasteiger partial charge is 0.508 e. The Balaban J connectivity index is 2.06. The molecule has 0 saturated heterocycles. The molecule has 1 unspecified atom stereocenters. The van der Waals surface area contributed by atoms with Gasteiger partial charge in [0.15, 0.2) is 5.78 Å². The molecule has 0 fully saturated rings. The van der Waals surface area contributed by atoms with Crippen molar-refractivity contribution in [1.29, 1.82) is 0 Å². The van der Waals surface area contributed by atoms with Crippen molar-refractivity contribution in [2.24, 2.45) is 5.41 Å². The van der Waals surface area contributed by atoms with Gasteiger partial charge in [-0.3, -0.25) is 4.79 Å². The maximum Gasteiger partial charge on any atom is 0.158 e. The van der Waals surface area contributed by atoms with Crippen molar-refractivity contribution in [2.75, 3.05) is 5.32 Å². The summed E-state index contributed by atoms with van der Waals surface area (Å²) >= 11 is 0. The number of ketones is 1. The van der Waals surface area contributed by atoms with Gasteiger partial charge in [-0.15, -0.1) is 0 Å². The minimum Gasteiger partial charge on any atom is -0.508 e. The maximum absolute atomic E-state index is 11.7. The molecule has 2 N–H and O–H groups in total. The van der Waals surface area contributed by atoms with Gasteiger partial charge < -0.3 is 15.2 Å². The van der Waals surface area contributed by atoms with Crippen LogP contribution in [0.4, 0.5) is 5.69 Å². The minimum atomic E-state index is -0.232. The number of phenols is 1. The van der Waals surface area contributed by atoms with Crippen molar-refractivity contribution in [3.63, 3.8) is 0 Å². The van der Waals surface area contributed by atoms with Gasteiger partial charge in [-0.25, -0.2) is 0 Å². The molecule has 1 heterocycles. The Morgan fingerprint density at radius 1 is 1.44 bits per heavy atom. The summed E-state index contributed by atoms with van der Waals surface area (Å²) in [5.74, 6) is 0.980. The number of fused-ring (bicyclic) bond motifs is 2. The van der Waals surface area contributed by atoms with Gasteiger partial charge in [-0.1, -0.05) is 13.8 Å². The van der Waals surface area contributed by atoms with Gasteiger partial charge in [0, 0.05) is 24.0 Å². The summed E-state index contributed by atoms with van der Waals surface area (Å²) in [5, 5.41) is 12.6. The first-order valence-electron chi connectivity index (χ1n) is 5.97. The molecule has 0 spiro atoms. The second-order valence-electron chi connectivity index (χ2n) is 5.53. The zero-order chi connectivity index (χ0) is 12.9. The predicted molar refractivity (Wildman–Crippen MR) is 67.6 cm³/mol. The standard InChI is InChI=1S/C14H15NO3/c1-14(2)7-9(17)6-11-13(14)18-12-4-3-8(16)5-10(12)15-11/h3-6,13,15-16H,7H2,1-2H3. The van der Waals surface area contributed by atoms with Crippen molar-refractivity contribution in [3.8, 4) is 11.5 Å². The normalized spacial score (nSPS) is 24.2. The highest BCUT2D eigenvalue weighted by molar-refractivity contribution is 5.93. The summed E-state index contributed by atoms with van der Waals surface area (Å²) in [6, 6.07) is 4.93. The predicted octanol–water partition coefficient (Wildman–Crippen LogP) is 2.45. The number of nitrogens with one attached hydrogen (secondary N) is 1. The van der Waals surface area contributed by atoms with Crippen LogP contribution in [-0.4, -0.2) is 17.0 Å². The van der Waals surface area contributed by atoms with E-state index in [9.17, 15) is 9.90 Å². The SMILES string of the molecule is CC1(C)CC(=O)C=C2Nc3cc(O)ccc3OC21. The highest BCUT2D eigenvalue weighted by Gasteiger charge is 2.42. The second kappa shape index (κ2) is 3.51. The van der Waals surface area contributed by atoms with E-state index in [0.717, 1.165) is 5.70 Å². The molecular formula is C14H15NO3. The van der Waals surface area contributed by atoms with Crippen LogP contribution in [0.3, 0.4) is 0 Å². The van der Waals surface area contributed by atoms with E-state index < -0.39 is 0 Å². The van der Waals surface area contributed by atoms with Crippen molar-refractivity contribution >= 4 is 11.5 Å². The third-order valence-electron chi connectivity index (χ3n) is 3.43. The van der Waals surface area contributed by atoms with E-state index in [-0.39, 0.29) is 23.1 Å². The van der Waals surface area contributed by atoms with Crippen molar-refractivity contribution < 1.29 is 14.6 Å². The Morgan fingerprint density at radius 2 is 2.22 bits per heavy atom. The van der Waals surface area contributed by atoms with E-state index in [2.05, 4.69) is 5.32 Å². The van der Waals surface area contributed by atoms with Crippen LogP contribution < -0.4 is 10.1 Å². The first kappa shape index (κ1) is 11.1. The van der Waals surface area contributed by atoms with Gasteiger partial charge in [0.25, 0.3) is 0 Å². The molecule has 2 aliphatic rings. The average Bonchev–Trinajstić information content (AvgIpc) is 2.25. The average molecular weight is 245 g/mol. The van der Waals surface area contributed by atoms with Crippen LogP contribution in [0.15, 0.2) is 30.0 Å². The molecular weight excluding hydrogens is 230 g/mol. The van der Waals surface area contributed by atoms with Crippen LogP contribution >= 0.6 is 0 Å². The van der Waals surface area contributed by atoms with E-state index in [4.69, 9.17) is 4.74 Å². The van der Waals surface area contributed by atoms with Crippen LogP contribution in [0.5, 0.6) is 11.5 Å². The smallest absolute Gasteiger partial charge is 0.158 e. The van der Waals surface area contributed by atoms with Crippen LogP contribution in [0.1, 0.15) is 20.3 Å². The molecule has 0 amide bonds. The first-order chi connectivity index (χ1) is 8.45. The molecule has 0 saturated carbocycles. The molecule has 18 heavy (non-hydrogen) atoms. The second-order valence-corrected chi connectivity index (χ2v) is 5.53. The lowest BCUT2D eigenvalue weighted by atomic mass is 9.75. The molecule has 3 rings (SSSR count). The third kappa shape index (κ3) is 1.65. The molecule has 94 valence electrons. The van der Waals surface area contributed by atoms with Crippen LogP contribution in [-0.2, 0) is 4.79 Å². The summed E-state index contributed by atoms with van der Waals surface area (Å²) in [4.78, 5) is 11.7. The number of carbonyl (C=O) groups is 1. The quantitative estimate of drug-likeness (QED) is 0.737. The number of carbonyl (C=O) groups excluding carboxylic acids is 1. The van der Waals surface area contributed by atoms with Gasteiger partial charge >= 0.3 is 0 Å². The van der Waals surface area contributed by atoms with Crippen LogP contribution in [0.2, 0.25) is 0 Å². The Morgan fingerprint density at radius 3 is 3.00 bits per heavy atom.